The van der Waals surface area contributed by atoms with Crippen molar-refractivity contribution < 1.29 is 18.7 Å². The highest BCUT2D eigenvalue weighted by Crippen LogP contribution is 2.46. The number of nitrogens with zero attached hydrogens (tertiary/aromatic N) is 2. The van der Waals surface area contributed by atoms with Crippen LogP contribution in [0.4, 0.5) is 14.6 Å². The van der Waals surface area contributed by atoms with E-state index in [9.17, 15) is 13.6 Å². The number of carboxylic acid groups (broad SMARTS) is 1. The minimum absolute atomic E-state index is 0.253. The Morgan fingerprint density at radius 3 is 2.67 bits per heavy atom. The zero-order chi connectivity index (χ0) is 16.9. The second-order valence-corrected chi connectivity index (χ2v) is 6.41. The number of pyridine rings is 1. The summed E-state index contributed by atoms with van der Waals surface area (Å²) in [6.45, 7) is 0.604. The molecule has 2 aromatic rings. The third-order valence-electron chi connectivity index (χ3n) is 5.01. The van der Waals surface area contributed by atoms with Crippen molar-refractivity contribution in [3.05, 3.63) is 59.3 Å². The molecule has 1 saturated carbocycles. The van der Waals surface area contributed by atoms with E-state index in [2.05, 4.69) is 17.1 Å². The first-order valence-electron chi connectivity index (χ1n) is 7.90. The number of anilines is 1. The molecule has 1 aromatic carbocycles. The van der Waals surface area contributed by atoms with E-state index in [0.717, 1.165) is 18.9 Å². The molecule has 0 atom stereocenters. The number of hydrogen-bond donors (Lipinski definition) is 1. The van der Waals surface area contributed by atoms with E-state index in [1.165, 1.54) is 17.2 Å². The average Bonchev–Trinajstić information content (AvgIpc) is 2.80. The van der Waals surface area contributed by atoms with Crippen molar-refractivity contribution in [2.24, 2.45) is 0 Å². The van der Waals surface area contributed by atoms with Crippen LogP contribution in [-0.2, 0) is 17.3 Å². The van der Waals surface area contributed by atoms with Crippen molar-refractivity contribution in [2.45, 2.75) is 37.3 Å². The normalized spacial score (nSPS) is 22.3. The summed E-state index contributed by atoms with van der Waals surface area (Å²) in [5, 5.41) is 8.73. The van der Waals surface area contributed by atoms with Gasteiger partial charge >= 0.3 is 11.9 Å². The average molecular weight is 330 g/mol. The number of rotatable bonds is 3. The summed E-state index contributed by atoms with van der Waals surface area (Å²) < 4.78 is 27.5. The highest BCUT2D eigenvalue weighted by Gasteiger charge is 2.44. The maximum absolute atomic E-state index is 13.8. The molecule has 0 amide bonds. The summed E-state index contributed by atoms with van der Waals surface area (Å²) in [5.41, 5.74) is 1.78. The quantitative estimate of drug-likeness (QED) is 0.935. The van der Waals surface area contributed by atoms with Gasteiger partial charge in [-0.15, -0.1) is 0 Å². The SMILES string of the molecule is O=C(O)C(F)(F)c1cccc(N2Cc3ccccc3C3CC2C3)n1. The zero-order valence-electron chi connectivity index (χ0n) is 12.8. The molecule has 1 aliphatic carbocycles. The van der Waals surface area contributed by atoms with Crippen LogP contribution in [0.1, 0.15) is 35.6 Å². The lowest BCUT2D eigenvalue weighted by atomic mass is 9.76. The fraction of sp³-hybridized carbons (Fsp3) is 0.333. The number of carboxylic acids is 1. The number of hydrogen-bond acceptors (Lipinski definition) is 3. The molecule has 0 radical (unpaired) electrons. The Bertz CT molecular complexity index is 803. The summed E-state index contributed by atoms with van der Waals surface area (Å²) in [5.74, 6) is -5.24. The first-order valence-corrected chi connectivity index (χ1v) is 7.90. The lowest BCUT2D eigenvalue weighted by molar-refractivity contribution is -0.166. The van der Waals surface area contributed by atoms with Gasteiger partial charge in [-0.05, 0) is 42.0 Å². The molecule has 4 nitrogen and oxygen atoms in total. The molecule has 6 heteroatoms. The predicted molar refractivity (Wildman–Crippen MR) is 84.2 cm³/mol. The van der Waals surface area contributed by atoms with Crippen molar-refractivity contribution in [1.82, 2.24) is 4.98 Å². The van der Waals surface area contributed by atoms with E-state index in [0.29, 0.717) is 18.3 Å². The zero-order valence-corrected chi connectivity index (χ0v) is 12.8. The molecule has 3 aliphatic rings. The molecule has 2 aliphatic heterocycles. The van der Waals surface area contributed by atoms with Gasteiger partial charge in [0.25, 0.3) is 0 Å². The van der Waals surface area contributed by atoms with Crippen molar-refractivity contribution >= 4 is 11.8 Å². The van der Waals surface area contributed by atoms with Crippen LogP contribution < -0.4 is 4.90 Å². The van der Waals surface area contributed by atoms with Gasteiger partial charge < -0.3 is 10.0 Å². The lowest BCUT2D eigenvalue weighted by Crippen LogP contribution is -2.41. The van der Waals surface area contributed by atoms with Crippen LogP contribution in [0, 0.1) is 0 Å². The molecule has 0 unspecified atom stereocenters. The van der Waals surface area contributed by atoms with E-state index in [4.69, 9.17) is 5.11 Å². The van der Waals surface area contributed by atoms with E-state index < -0.39 is 17.6 Å². The third kappa shape index (κ3) is 2.25. The van der Waals surface area contributed by atoms with Crippen molar-refractivity contribution in [2.75, 3.05) is 4.90 Å². The van der Waals surface area contributed by atoms with Crippen LogP contribution in [0.25, 0.3) is 0 Å². The van der Waals surface area contributed by atoms with Crippen LogP contribution in [0.15, 0.2) is 42.5 Å². The number of alkyl halides is 2. The van der Waals surface area contributed by atoms with Gasteiger partial charge in [-0.25, -0.2) is 9.78 Å². The Morgan fingerprint density at radius 2 is 1.92 bits per heavy atom. The highest BCUT2D eigenvalue weighted by molar-refractivity contribution is 5.76. The van der Waals surface area contributed by atoms with Gasteiger partial charge in [0.15, 0.2) is 0 Å². The van der Waals surface area contributed by atoms with Crippen molar-refractivity contribution in [3.63, 3.8) is 0 Å². The molecule has 24 heavy (non-hydrogen) atoms. The van der Waals surface area contributed by atoms with Gasteiger partial charge in [0.05, 0.1) is 0 Å². The fourth-order valence-electron chi connectivity index (χ4n) is 3.62. The Hall–Kier alpha value is -2.50. The fourth-order valence-corrected chi connectivity index (χ4v) is 3.62. The van der Waals surface area contributed by atoms with Crippen LogP contribution in [0.5, 0.6) is 0 Å². The molecule has 1 N–H and O–H groups in total. The Morgan fingerprint density at radius 1 is 1.17 bits per heavy atom. The maximum atomic E-state index is 13.8. The second kappa shape index (κ2) is 5.26. The minimum atomic E-state index is -3.98. The largest absolute Gasteiger partial charge is 0.476 e. The molecular weight excluding hydrogens is 314 g/mol. The van der Waals surface area contributed by atoms with Gasteiger partial charge in [0.2, 0.25) is 0 Å². The van der Waals surface area contributed by atoms with Crippen molar-refractivity contribution in [3.8, 4) is 0 Å². The molecule has 1 fully saturated rings. The molecule has 0 saturated heterocycles. The number of halogens is 2. The first kappa shape index (κ1) is 15.1. The first-order chi connectivity index (χ1) is 11.5. The monoisotopic (exact) mass is 330 g/mol. The standard InChI is InChI=1S/C18H16F2N2O2/c19-18(20,17(23)24)15-6-3-7-16(21-15)22-10-11-4-1-2-5-14(11)12-8-13(22)9-12/h1-7,12-13H,8-10H2,(H,23,24). The molecule has 5 rings (SSSR count). The van der Waals surface area contributed by atoms with Gasteiger partial charge in [-0.1, -0.05) is 30.3 Å². The number of carbonyl (C=O) groups is 1. The van der Waals surface area contributed by atoms with Gasteiger partial charge in [0, 0.05) is 12.6 Å². The maximum Gasteiger partial charge on any atom is 0.384 e. The highest BCUT2D eigenvalue weighted by atomic mass is 19.3. The van der Waals surface area contributed by atoms with Gasteiger partial charge in [-0.2, -0.15) is 8.78 Å². The smallest absolute Gasteiger partial charge is 0.384 e. The molecule has 3 heterocycles. The molecule has 2 bridgehead atoms. The number of fused-ring (bicyclic) bond motifs is 1. The number of benzene rings is 1. The molecule has 124 valence electrons. The second-order valence-electron chi connectivity index (χ2n) is 6.41. The van der Waals surface area contributed by atoms with E-state index in [1.54, 1.807) is 6.07 Å². The summed E-state index contributed by atoms with van der Waals surface area (Å²) >= 11 is 0. The van der Waals surface area contributed by atoms with Crippen molar-refractivity contribution in [1.29, 1.82) is 0 Å². The predicted octanol–water partition coefficient (Wildman–Crippen LogP) is 3.52. The summed E-state index contributed by atoms with van der Waals surface area (Å²) in [7, 11) is 0. The lowest BCUT2D eigenvalue weighted by Gasteiger charge is -2.40. The van der Waals surface area contributed by atoms with E-state index in [1.807, 2.05) is 17.0 Å². The van der Waals surface area contributed by atoms with Crippen LogP contribution in [0.2, 0.25) is 0 Å². The summed E-state index contributed by atoms with van der Waals surface area (Å²) in [4.78, 5) is 16.8. The van der Waals surface area contributed by atoms with Gasteiger partial charge in [-0.3, -0.25) is 0 Å². The molecular formula is C18H16F2N2O2. The summed E-state index contributed by atoms with van der Waals surface area (Å²) in [6, 6.07) is 12.6. The van der Waals surface area contributed by atoms with Crippen LogP contribution in [0.3, 0.4) is 0 Å². The van der Waals surface area contributed by atoms with Crippen LogP contribution >= 0.6 is 0 Å². The minimum Gasteiger partial charge on any atom is -0.476 e. The number of aromatic nitrogens is 1. The van der Waals surface area contributed by atoms with Crippen LogP contribution in [-0.4, -0.2) is 22.1 Å². The third-order valence-corrected chi connectivity index (χ3v) is 5.01. The Kier molecular flexibility index (Phi) is 3.30. The molecule has 1 aromatic heterocycles. The van der Waals surface area contributed by atoms with E-state index >= 15 is 0 Å². The van der Waals surface area contributed by atoms with Gasteiger partial charge in [0.1, 0.15) is 11.5 Å². The topological polar surface area (TPSA) is 53.4 Å². The van der Waals surface area contributed by atoms with E-state index in [-0.39, 0.29) is 6.04 Å². The summed E-state index contributed by atoms with van der Waals surface area (Å²) in [6.07, 6.45) is 1.94. The number of aliphatic carboxylic acids is 1. The molecule has 0 spiro atoms. The Labute approximate surface area is 137 Å². The Balaban J connectivity index is 1.71.